The van der Waals surface area contributed by atoms with Gasteiger partial charge >= 0.3 is 0 Å². The van der Waals surface area contributed by atoms with Crippen molar-refractivity contribution in [2.75, 3.05) is 5.32 Å². The minimum absolute atomic E-state index is 0.229. The van der Waals surface area contributed by atoms with Crippen LogP contribution < -0.4 is 5.32 Å². The molecule has 0 spiro atoms. The van der Waals surface area contributed by atoms with Crippen LogP contribution in [-0.2, 0) is 6.54 Å². The standard InChI is InChI=1S/C13H12BrFN2/c1-9-2-3-13(12(15)4-9)17-7-10-5-11(14)8-16-6-10/h2-6,8,17H,7H2,1H3. The lowest BCUT2D eigenvalue weighted by atomic mass is 10.2. The summed E-state index contributed by atoms with van der Waals surface area (Å²) in [5.41, 5.74) is 2.42. The van der Waals surface area contributed by atoms with Crippen molar-refractivity contribution in [3.05, 3.63) is 58.1 Å². The van der Waals surface area contributed by atoms with Crippen molar-refractivity contribution >= 4 is 21.6 Å². The molecule has 2 nitrogen and oxygen atoms in total. The van der Waals surface area contributed by atoms with E-state index in [2.05, 4.69) is 26.2 Å². The molecule has 0 amide bonds. The van der Waals surface area contributed by atoms with E-state index < -0.39 is 0 Å². The minimum Gasteiger partial charge on any atom is -0.379 e. The molecule has 17 heavy (non-hydrogen) atoms. The number of hydrogen-bond donors (Lipinski definition) is 1. The summed E-state index contributed by atoms with van der Waals surface area (Å²) >= 11 is 3.35. The van der Waals surface area contributed by atoms with Crippen LogP contribution in [0.25, 0.3) is 0 Å². The van der Waals surface area contributed by atoms with Gasteiger partial charge in [0.05, 0.1) is 5.69 Å². The first-order chi connectivity index (χ1) is 8.15. The summed E-state index contributed by atoms with van der Waals surface area (Å²) in [6.45, 7) is 2.41. The highest BCUT2D eigenvalue weighted by Gasteiger charge is 2.02. The molecule has 0 saturated heterocycles. The van der Waals surface area contributed by atoms with E-state index in [1.54, 1.807) is 18.5 Å². The highest BCUT2D eigenvalue weighted by atomic mass is 79.9. The van der Waals surface area contributed by atoms with Crippen LogP contribution in [0.4, 0.5) is 10.1 Å². The molecule has 0 bridgehead atoms. The molecule has 0 aliphatic carbocycles. The van der Waals surface area contributed by atoms with Crippen LogP contribution in [-0.4, -0.2) is 4.98 Å². The number of benzene rings is 1. The second kappa shape index (κ2) is 5.27. The number of anilines is 1. The summed E-state index contributed by atoms with van der Waals surface area (Å²) in [5, 5.41) is 3.05. The van der Waals surface area contributed by atoms with Crippen molar-refractivity contribution in [3.63, 3.8) is 0 Å². The third kappa shape index (κ3) is 3.27. The molecule has 2 aromatic rings. The molecule has 0 atom stereocenters. The summed E-state index contributed by atoms with van der Waals surface area (Å²) in [7, 11) is 0. The molecule has 1 aromatic heterocycles. The van der Waals surface area contributed by atoms with Gasteiger partial charge in [0, 0.05) is 23.4 Å². The molecular weight excluding hydrogens is 283 g/mol. The van der Waals surface area contributed by atoms with Crippen molar-refractivity contribution in [1.29, 1.82) is 0 Å². The summed E-state index contributed by atoms with van der Waals surface area (Å²) in [4.78, 5) is 4.05. The van der Waals surface area contributed by atoms with Gasteiger partial charge in [0.25, 0.3) is 0 Å². The Morgan fingerprint density at radius 1 is 1.29 bits per heavy atom. The van der Waals surface area contributed by atoms with Gasteiger partial charge in [-0.2, -0.15) is 0 Å². The Bertz CT molecular complexity index is 529. The summed E-state index contributed by atoms with van der Waals surface area (Å²) in [5.74, 6) is -0.229. The fourth-order valence-electron chi connectivity index (χ4n) is 1.51. The first-order valence-electron chi connectivity index (χ1n) is 5.24. The van der Waals surface area contributed by atoms with Gasteiger partial charge in [0.15, 0.2) is 0 Å². The van der Waals surface area contributed by atoms with Crippen molar-refractivity contribution in [2.24, 2.45) is 0 Å². The van der Waals surface area contributed by atoms with E-state index in [0.29, 0.717) is 12.2 Å². The van der Waals surface area contributed by atoms with Gasteiger partial charge in [-0.25, -0.2) is 4.39 Å². The molecule has 4 heteroatoms. The zero-order chi connectivity index (χ0) is 12.3. The second-order valence-corrected chi connectivity index (χ2v) is 4.76. The highest BCUT2D eigenvalue weighted by molar-refractivity contribution is 9.10. The van der Waals surface area contributed by atoms with Gasteiger partial charge in [-0.1, -0.05) is 6.07 Å². The number of nitrogens with zero attached hydrogens (tertiary/aromatic N) is 1. The molecule has 0 saturated carbocycles. The fourth-order valence-corrected chi connectivity index (χ4v) is 1.93. The highest BCUT2D eigenvalue weighted by Crippen LogP contribution is 2.17. The zero-order valence-corrected chi connectivity index (χ0v) is 11.0. The Hall–Kier alpha value is -1.42. The van der Waals surface area contributed by atoms with Crippen LogP contribution in [0.15, 0.2) is 41.1 Å². The van der Waals surface area contributed by atoms with E-state index in [4.69, 9.17) is 0 Å². The van der Waals surface area contributed by atoms with Gasteiger partial charge in [-0.15, -0.1) is 0 Å². The topological polar surface area (TPSA) is 24.9 Å². The number of pyridine rings is 1. The van der Waals surface area contributed by atoms with E-state index in [0.717, 1.165) is 15.6 Å². The number of aromatic nitrogens is 1. The maximum atomic E-state index is 13.5. The molecule has 0 aliphatic rings. The summed E-state index contributed by atoms with van der Waals surface area (Å²) in [6.07, 6.45) is 3.47. The molecule has 1 N–H and O–H groups in total. The van der Waals surface area contributed by atoms with E-state index >= 15 is 0 Å². The lowest BCUT2D eigenvalue weighted by Gasteiger charge is -2.08. The van der Waals surface area contributed by atoms with Crippen LogP contribution in [0.5, 0.6) is 0 Å². The van der Waals surface area contributed by atoms with Crippen molar-refractivity contribution in [2.45, 2.75) is 13.5 Å². The average molecular weight is 295 g/mol. The molecule has 0 aliphatic heterocycles. The van der Waals surface area contributed by atoms with Crippen LogP contribution in [0.1, 0.15) is 11.1 Å². The molecular formula is C13H12BrFN2. The Kier molecular flexibility index (Phi) is 3.74. The molecule has 1 heterocycles. The maximum absolute atomic E-state index is 13.5. The van der Waals surface area contributed by atoms with Crippen molar-refractivity contribution in [1.82, 2.24) is 4.98 Å². The van der Waals surface area contributed by atoms with Crippen molar-refractivity contribution in [3.8, 4) is 0 Å². The predicted octanol–water partition coefficient (Wildman–Crippen LogP) is 3.90. The SMILES string of the molecule is Cc1ccc(NCc2cncc(Br)c2)c(F)c1. The molecule has 1 aromatic carbocycles. The van der Waals surface area contributed by atoms with Crippen LogP contribution in [0, 0.1) is 12.7 Å². The second-order valence-electron chi connectivity index (χ2n) is 3.85. The Balaban J connectivity index is 2.07. The van der Waals surface area contributed by atoms with E-state index in [-0.39, 0.29) is 5.82 Å². The molecule has 0 fully saturated rings. The van der Waals surface area contributed by atoms with E-state index in [9.17, 15) is 4.39 Å². The molecule has 0 radical (unpaired) electrons. The molecule has 88 valence electrons. The van der Waals surface area contributed by atoms with Gasteiger partial charge < -0.3 is 5.32 Å². The van der Waals surface area contributed by atoms with Crippen LogP contribution in [0.3, 0.4) is 0 Å². The Labute approximate surface area is 108 Å². The third-order valence-electron chi connectivity index (χ3n) is 2.37. The first kappa shape index (κ1) is 12.0. The third-order valence-corrected chi connectivity index (χ3v) is 2.80. The fraction of sp³-hybridized carbons (Fsp3) is 0.154. The number of hydrogen-bond acceptors (Lipinski definition) is 2. The average Bonchev–Trinajstić information content (AvgIpc) is 2.28. The lowest BCUT2D eigenvalue weighted by molar-refractivity contribution is 0.629. The lowest BCUT2D eigenvalue weighted by Crippen LogP contribution is -2.02. The predicted molar refractivity (Wildman–Crippen MR) is 70.4 cm³/mol. The maximum Gasteiger partial charge on any atom is 0.146 e. The number of halogens is 2. The summed E-state index contributed by atoms with van der Waals surface area (Å²) < 4.78 is 14.5. The molecule has 2 rings (SSSR count). The van der Waals surface area contributed by atoms with Gasteiger partial charge in [0.2, 0.25) is 0 Å². The summed E-state index contributed by atoms with van der Waals surface area (Å²) in [6, 6.07) is 7.09. The number of aryl methyl sites for hydroxylation is 1. The Morgan fingerprint density at radius 3 is 2.82 bits per heavy atom. The number of nitrogens with one attached hydrogen (secondary N) is 1. The van der Waals surface area contributed by atoms with Gasteiger partial charge in [-0.3, -0.25) is 4.98 Å². The van der Waals surface area contributed by atoms with Crippen LogP contribution in [0.2, 0.25) is 0 Å². The first-order valence-corrected chi connectivity index (χ1v) is 6.04. The van der Waals surface area contributed by atoms with Crippen molar-refractivity contribution < 1.29 is 4.39 Å². The Morgan fingerprint density at radius 2 is 2.12 bits per heavy atom. The van der Waals surface area contributed by atoms with Gasteiger partial charge in [0.1, 0.15) is 5.82 Å². The zero-order valence-electron chi connectivity index (χ0n) is 9.37. The quantitative estimate of drug-likeness (QED) is 0.928. The minimum atomic E-state index is -0.229. The van der Waals surface area contributed by atoms with E-state index in [1.165, 1.54) is 6.07 Å². The van der Waals surface area contributed by atoms with Crippen LogP contribution >= 0.6 is 15.9 Å². The normalized spacial score (nSPS) is 10.3. The number of rotatable bonds is 3. The van der Waals surface area contributed by atoms with E-state index in [1.807, 2.05) is 19.1 Å². The largest absolute Gasteiger partial charge is 0.379 e. The smallest absolute Gasteiger partial charge is 0.146 e. The van der Waals surface area contributed by atoms with Gasteiger partial charge in [-0.05, 0) is 52.2 Å². The monoisotopic (exact) mass is 294 g/mol. The molecule has 0 unspecified atom stereocenters.